The predicted molar refractivity (Wildman–Crippen MR) is 103 cm³/mol. The molecule has 1 atom stereocenters. The molecule has 0 aliphatic carbocycles. The molecule has 4 rings (SSSR count). The fourth-order valence-corrected chi connectivity index (χ4v) is 3.62. The van der Waals surface area contributed by atoms with Crippen molar-refractivity contribution in [3.8, 4) is 0 Å². The molecule has 27 heavy (non-hydrogen) atoms. The largest absolute Gasteiger partial charge is 0.451 e. The minimum absolute atomic E-state index is 0.132. The van der Waals surface area contributed by atoms with Crippen LogP contribution >= 0.6 is 11.8 Å². The van der Waals surface area contributed by atoms with Gasteiger partial charge in [-0.05, 0) is 36.8 Å². The van der Waals surface area contributed by atoms with Crippen LogP contribution in [0.4, 0.5) is 4.39 Å². The summed E-state index contributed by atoms with van der Waals surface area (Å²) in [6.07, 6.45) is 1.48. The standard InChI is InChI=1S/C20H16FN3O2S/c1-12(19(25)22-10-13-6-8-14(21)9-7-13)27-20-18-17(23-11-24-20)15-4-2-3-5-16(15)26-18/h2-9,11-12H,10H2,1H3,(H,22,25)/t12-/m0/s1. The molecule has 0 saturated heterocycles. The van der Waals surface area contributed by atoms with Crippen LogP contribution in [0, 0.1) is 5.82 Å². The Kier molecular flexibility index (Phi) is 4.77. The molecular weight excluding hydrogens is 365 g/mol. The van der Waals surface area contributed by atoms with Crippen LogP contribution in [0.2, 0.25) is 0 Å². The molecule has 0 radical (unpaired) electrons. The average molecular weight is 381 g/mol. The fourth-order valence-electron chi connectivity index (χ4n) is 2.74. The molecule has 0 unspecified atom stereocenters. The molecule has 0 spiro atoms. The molecular formula is C20H16FN3O2S. The monoisotopic (exact) mass is 381 g/mol. The van der Waals surface area contributed by atoms with E-state index < -0.39 is 0 Å². The first-order chi connectivity index (χ1) is 13.1. The zero-order chi connectivity index (χ0) is 18.8. The van der Waals surface area contributed by atoms with Crippen molar-refractivity contribution >= 4 is 39.7 Å². The van der Waals surface area contributed by atoms with Crippen molar-refractivity contribution in [2.24, 2.45) is 0 Å². The molecule has 2 heterocycles. The maximum Gasteiger partial charge on any atom is 0.233 e. The van der Waals surface area contributed by atoms with Gasteiger partial charge < -0.3 is 9.73 Å². The highest BCUT2D eigenvalue weighted by molar-refractivity contribution is 8.00. The lowest BCUT2D eigenvalue weighted by atomic mass is 10.2. The van der Waals surface area contributed by atoms with Gasteiger partial charge in [0.05, 0.1) is 5.25 Å². The first-order valence-corrected chi connectivity index (χ1v) is 9.31. The summed E-state index contributed by atoms with van der Waals surface area (Å²) in [6.45, 7) is 2.15. The number of hydrogen-bond donors (Lipinski definition) is 1. The minimum atomic E-state index is -0.378. The second-order valence-electron chi connectivity index (χ2n) is 6.06. The van der Waals surface area contributed by atoms with E-state index in [1.54, 1.807) is 19.1 Å². The van der Waals surface area contributed by atoms with Crippen molar-refractivity contribution < 1.29 is 13.6 Å². The van der Waals surface area contributed by atoms with Crippen LogP contribution in [0.25, 0.3) is 22.1 Å². The number of furan rings is 1. The number of halogens is 1. The van der Waals surface area contributed by atoms with E-state index in [1.807, 2.05) is 24.3 Å². The lowest BCUT2D eigenvalue weighted by Crippen LogP contribution is -2.30. The summed E-state index contributed by atoms with van der Waals surface area (Å²) >= 11 is 1.32. The van der Waals surface area contributed by atoms with Crippen LogP contribution in [-0.2, 0) is 11.3 Å². The van der Waals surface area contributed by atoms with E-state index in [0.717, 1.165) is 22.0 Å². The maximum atomic E-state index is 12.9. The minimum Gasteiger partial charge on any atom is -0.451 e. The molecule has 5 nitrogen and oxygen atoms in total. The van der Waals surface area contributed by atoms with Crippen molar-refractivity contribution in [3.63, 3.8) is 0 Å². The quantitative estimate of drug-likeness (QED) is 0.412. The Morgan fingerprint density at radius 1 is 1.19 bits per heavy atom. The molecule has 136 valence electrons. The van der Waals surface area contributed by atoms with Gasteiger partial charge in [0.25, 0.3) is 0 Å². The van der Waals surface area contributed by atoms with E-state index in [1.165, 1.54) is 30.2 Å². The number of rotatable bonds is 5. The van der Waals surface area contributed by atoms with Crippen LogP contribution in [-0.4, -0.2) is 21.1 Å². The summed E-state index contributed by atoms with van der Waals surface area (Å²) in [5, 5.41) is 4.03. The number of nitrogens with zero attached hydrogens (tertiary/aromatic N) is 2. The third kappa shape index (κ3) is 3.64. The molecule has 2 aromatic heterocycles. The van der Waals surface area contributed by atoms with Gasteiger partial charge in [0.15, 0.2) is 5.58 Å². The van der Waals surface area contributed by atoms with Crippen LogP contribution in [0.15, 0.2) is 64.3 Å². The zero-order valence-corrected chi connectivity index (χ0v) is 15.3. The Morgan fingerprint density at radius 3 is 2.78 bits per heavy atom. The van der Waals surface area contributed by atoms with Gasteiger partial charge in [-0.1, -0.05) is 36.0 Å². The van der Waals surface area contributed by atoms with Gasteiger partial charge in [-0.2, -0.15) is 0 Å². The van der Waals surface area contributed by atoms with Crippen molar-refractivity contribution in [2.45, 2.75) is 23.7 Å². The van der Waals surface area contributed by atoms with E-state index in [0.29, 0.717) is 17.2 Å². The number of thioether (sulfide) groups is 1. The molecule has 1 N–H and O–H groups in total. The van der Waals surface area contributed by atoms with Crippen molar-refractivity contribution in [1.29, 1.82) is 0 Å². The van der Waals surface area contributed by atoms with Gasteiger partial charge in [-0.3, -0.25) is 4.79 Å². The Hall–Kier alpha value is -2.93. The Balaban J connectivity index is 1.49. The fraction of sp³-hybridized carbons (Fsp3) is 0.150. The van der Waals surface area contributed by atoms with Crippen molar-refractivity contribution in [1.82, 2.24) is 15.3 Å². The van der Waals surface area contributed by atoms with Crippen LogP contribution in [0.1, 0.15) is 12.5 Å². The van der Waals surface area contributed by atoms with Crippen LogP contribution in [0.5, 0.6) is 0 Å². The topological polar surface area (TPSA) is 68.0 Å². The Morgan fingerprint density at radius 2 is 1.96 bits per heavy atom. The summed E-state index contributed by atoms with van der Waals surface area (Å²) in [4.78, 5) is 21.0. The highest BCUT2D eigenvalue weighted by atomic mass is 32.2. The number of benzene rings is 2. The molecule has 4 aromatic rings. The third-order valence-corrected chi connectivity index (χ3v) is 5.24. The first-order valence-electron chi connectivity index (χ1n) is 8.43. The van der Waals surface area contributed by atoms with E-state index in [4.69, 9.17) is 4.42 Å². The van der Waals surface area contributed by atoms with Crippen molar-refractivity contribution in [2.75, 3.05) is 0 Å². The second-order valence-corrected chi connectivity index (χ2v) is 7.39. The molecule has 0 fully saturated rings. The highest BCUT2D eigenvalue weighted by Crippen LogP contribution is 2.33. The third-order valence-electron chi connectivity index (χ3n) is 4.16. The smallest absolute Gasteiger partial charge is 0.233 e. The lowest BCUT2D eigenvalue weighted by molar-refractivity contribution is -0.120. The average Bonchev–Trinajstić information content (AvgIpc) is 3.07. The maximum absolute atomic E-state index is 12.9. The summed E-state index contributed by atoms with van der Waals surface area (Å²) in [6, 6.07) is 13.7. The Bertz CT molecular complexity index is 1110. The van der Waals surface area contributed by atoms with Crippen molar-refractivity contribution in [3.05, 3.63) is 66.2 Å². The number of carbonyl (C=O) groups is 1. The highest BCUT2D eigenvalue weighted by Gasteiger charge is 2.19. The molecule has 1 amide bonds. The number of carbonyl (C=O) groups excluding carboxylic acids is 1. The summed E-state index contributed by atoms with van der Waals surface area (Å²) in [5.41, 5.74) is 2.90. The van der Waals surface area contributed by atoms with Gasteiger partial charge >= 0.3 is 0 Å². The van der Waals surface area contributed by atoms with Gasteiger partial charge in [-0.25, -0.2) is 14.4 Å². The summed E-state index contributed by atoms with van der Waals surface area (Å²) in [5.74, 6) is -0.431. The van der Waals surface area contributed by atoms with Gasteiger partial charge in [0, 0.05) is 11.9 Å². The lowest BCUT2D eigenvalue weighted by Gasteiger charge is -2.11. The SMILES string of the molecule is C[C@H](Sc1ncnc2c1oc1ccccc12)C(=O)NCc1ccc(F)cc1. The predicted octanol–water partition coefficient (Wildman–Crippen LogP) is 4.31. The van der Waals surface area contributed by atoms with Gasteiger partial charge in [0.2, 0.25) is 5.91 Å². The zero-order valence-electron chi connectivity index (χ0n) is 14.5. The molecule has 0 bridgehead atoms. The number of amides is 1. The van der Waals surface area contributed by atoms with Gasteiger partial charge in [-0.15, -0.1) is 0 Å². The Labute approximate surface area is 159 Å². The number of para-hydroxylation sites is 1. The number of aromatic nitrogens is 2. The number of nitrogens with one attached hydrogen (secondary N) is 1. The molecule has 7 heteroatoms. The molecule has 0 aliphatic rings. The van der Waals surface area contributed by atoms with Crippen LogP contribution in [0.3, 0.4) is 0 Å². The molecule has 0 aliphatic heterocycles. The summed E-state index contributed by atoms with van der Waals surface area (Å²) in [7, 11) is 0. The first kappa shape index (κ1) is 17.5. The van der Waals surface area contributed by atoms with E-state index in [-0.39, 0.29) is 17.0 Å². The van der Waals surface area contributed by atoms with Gasteiger partial charge in [0.1, 0.15) is 28.3 Å². The molecule has 2 aromatic carbocycles. The number of fused-ring (bicyclic) bond motifs is 3. The molecule has 0 saturated carbocycles. The normalized spacial score (nSPS) is 12.4. The van der Waals surface area contributed by atoms with E-state index >= 15 is 0 Å². The summed E-state index contributed by atoms with van der Waals surface area (Å²) < 4.78 is 18.8. The van der Waals surface area contributed by atoms with Crippen LogP contribution < -0.4 is 5.32 Å². The van der Waals surface area contributed by atoms with E-state index in [9.17, 15) is 9.18 Å². The van der Waals surface area contributed by atoms with E-state index in [2.05, 4.69) is 15.3 Å². The second kappa shape index (κ2) is 7.36. The number of hydrogen-bond acceptors (Lipinski definition) is 5.